The van der Waals surface area contributed by atoms with Crippen LogP contribution in [-0.4, -0.2) is 36.0 Å². The standard InChI is InChI=1S/C22H30N2/c1-3-23(4-2)15-16-24-17-21-11-7-5-9-19(21)13-14-20-10-6-8-12-22(20)18-24/h5-12H,3-4,13-18H2,1-2H3. The average molecular weight is 322 g/mol. The summed E-state index contributed by atoms with van der Waals surface area (Å²) in [5, 5.41) is 0. The molecule has 0 amide bonds. The summed E-state index contributed by atoms with van der Waals surface area (Å²) < 4.78 is 0. The van der Waals surface area contributed by atoms with Crippen LogP contribution in [0, 0.1) is 0 Å². The highest BCUT2D eigenvalue weighted by Gasteiger charge is 2.15. The molecule has 0 spiro atoms. The van der Waals surface area contributed by atoms with Gasteiger partial charge in [0.2, 0.25) is 0 Å². The minimum atomic E-state index is 1.06. The lowest BCUT2D eigenvalue weighted by Crippen LogP contribution is -2.34. The number of aryl methyl sites for hydroxylation is 2. The van der Waals surface area contributed by atoms with Gasteiger partial charge in [-0.15, -0.1) is 0 Å². The molecule has 0 aliphatic carbocycles. The summed E-state index contributed by atoms with van der Waals surface area (Å²) in [6, 6.07) is 18.0. The average Bonchev–Trinajstić information content (AvgIpc) is 2.69. The molecule has 24 heavy (non-hydrogen) atoms. The predicted octanol–water partition coefficient (Wildman–Crippen LogP) is 4.13. The molecule has 0 atom stereocenters. The molecule has 2 aromatic rings. The quantitative estimate of drug-likeness (QED) is 0.817. The van der Waals surface area contributed by atoms with E-state index in [0.29, 0.717) is 0 Å². The van der Waals surface area contributed by atoms with E-state index in [0.717, 1.165) is 52.1 Å². The molecule has 0 saturated heterocycles. The van der Waals surface area contributed by atoms with E-state index >= 15 is 0 Å². The van der Waals surface area contributed by atoms with Gasteiger partial charge >= 0.3 is 0 Å². The minimum Gasteiger partial charge on any atom is -0.303 e. The fourth-order valence-corrected chi connectivity index (χ4v) is 3.70. The normalized spacial score (nSPS) is 15.3. The Hall–Kier alpha value is -1.64. The molecule has 2 nitrogen and oxygen atoms in total. The van der Waals surface area contributed by atoms with Crippen molar-refractivity contribution in [1.82, 2.24) is 9.80 Å². The largest absolute Gasteiger partial charge is 0.303 e. The predicted molar refractivity (Wildman–Crippen MR) is 102 cm³/mol. The zero-order valence-electron chi connectivity index (χ0n) is 15.2. The van der Waals surface area contributed by atoms with E-state index < -0.39 is 0 Å². The van der Waals surface area contributed by atoms with E-state index in [-0.39, 0.29) is 0 Å². The van der Waals surface area contributed by atoms with Crippen LogP contribution in [0.4, 0.5) is 0 Å². The third kappa shape index (κ3) is 4.25. The Labute approximate surface area is 147 Å². The van der Waals surface area contributed by atoms with Crippen LogP contribution in [0.5, 0.6) is 0 Å². The van der Waals surface area contributed by atoms with Crippen molar-refractivity contribution in [2.45, 2.75) is 39.8 Å². The van der Waals surface area contributed by atoms with Gasteiger partial charge in [0.1, 0.15) is 0 Å². The van der Waals surface area contributed by atoms with Crippen molar-refractivity contribution in [2.24, 2.45) is 0 Å². The molecular formula is C22H30N2. The lowest BCUT2D eigenvalue weighted by atomic mass is 9.98. The van der Waals surface area contributed by atoms with E-state index in [1.807, 2.05) is 0 Å². The van der Waals surface area contributed by atoms with Gasteiger partial charge in [-0.25, -0.2) is 0 Å². The lowest BCUT2D eigenvalue weighted by molar-refractivity contribution is 0.202. The number of nitrogens with zero attached hydrogens (tertiary/aromatic N) is 2. The molecule has 1 heterocycles. The van der Waals surface area contributed by atoms with Gasteiger partial charge in [-0.05, 0) is 48.2 Å². The van der Waals surface area contributed by atoms with Crippen LogP contribution in [0.2, 0.25) is 0 Å². The third-order valence-electron chi connectivity index (χ3n) is 5.32. The van der Waals surface area contributed by atoms with Crippen LogP contribution in [-0.2, 0) is 25.9 Å². The van der Waals surface area contributed by atoms with Gasteiger partial charge < -0.3 is 4.90 Å². The Balaban J connectivity index is 1.84. The molecule has 128 valence electrons. The van der Waals surface area contributed by atoms with Crippen LogP contribution in [0.3, 0.4) is 0 Å². The maximum Gasteiger partial charge on any atom is 0.0240 e. The summed E-state index contributed by atoms with van der Waals surface area (Å²) in [6.45, 7) is 11.2. The maximum absolute atomic E-state index is 2.63. The van der Waals surface area contributed by atoms with Gasteiger partial charge in [-0.2, -0.15) is 0 Å². The molecule has 0 bridgehead atoms. The van der Waals surface area contributed by atoms with Crippen LogP contribution < -0.4 is 0 Å². The highest BCUT2D eigenvalue weighted by molar-refractivity contribution is 5.33. The van der Waals surface area contributed by atoms with Gasteiger partial charge in [0, 0.05) is 26.2 Å². The van der Waals surface area contributed by atoms with Crippen molar-refractivity contribution >= 4 is 0 Å². The first kappa shape index (κ1) is 17.2. The topological polar surface area (TPSA) is 6.48 Å². The first-order valence-corrected chi connectivity index (χ1v) is 9.38. The molecule has 2 heteroatoms. The highest BCUT2D eigenvalue weighted by atomic mass is 15.2. The van der Waals surface area contributed by atoms with E-state index in [4.69, 9.17) is 0 Å². The van der Waals surface area contributed by atoms with Crippen molar-refractivity contribution in [3.63, 3.8) is 0 Å². The molecule has 0 fully saturated rings. The molecule has 0 unspecified atom stereocenters. The molecule has 0 aromatic heterocycles. The minimum absolute atomic E-state index is 1.06. The summed E-state index contributed by atoms with van der Waals surface area (Å²) in [5.74, 6) is 0. The molecule has 1 aliphatic rings. The second kappa shape index (κ2) is 8.46. The zero-order valence-corrected chi connectivity index (χ0v) is 15.2. The van der Waals surface area contributed by atoms with Gasteiger partial charge in [0.05, 0.1) is 0 Å². The second-order valence-corrected chi connectivity index (χ2v) is 6.77. The van der Waals surface area contributed by atoms with Gasteiger partial charge in [0.15, 0.2) is 0 Å². The number of fused-ring (bicyclic) bond motifs is 2. The van der Waals surface area contributed by atoms with Gasteiger partial charge in [-0.3, -0.25) is 4.90 Å². The lowest BCUT2D eigenvalue weighted by Gasteiger charge is -2.27. The van der Waals surface area contributed by atoms with Crippen molar-refractivity contribution in [3.05, 3.63) is 70.8 Å². The van der Waals surface area contributed by atoms with Crippen LogP contribution in [0.25, 0.3) is 0 Å². The first-order valence-electron chi connectivity index (χ1n) is 9.38. The molecular weight excluding hydrogens is 292 g/mol. The number of likely N-dealkylation sites (N-methyl/N-ethyl adjacent to an activating group) is 1. The monoisotopic (exact) mass is 322 g/mol. The van der Waals surface area contributed by atoms with E-state index in [1.165, 1.54) is 22.3 Å². The SMILES string of the molecule is CCN(CC)CCN1Cc2ccccc2CCc2ccccc2C1. The van der Waals surface area contributed by atoms with E-state index in [9.17, 15) is 0 Å². The number of hydrogen-bond acceptors (Lipinski definition) is 2. The maximum atomic E-state index is 2.63. The first-order chi connectivity index (χ1) is 11.8. The number of rotatable bonds is 5. The van der Waals surface area contributed by atoms with Crippen LogP contribution in [0.15, 0.2) is 48.5 Å². The second-order valence-electron chi connectivity index (χ2n) is 6.77. The molecule has 0 saturated carbocycles. The number of benzene rings is 2. The summed E-state index contributed by atoms with van der Waals surface area (Å²) >= 11 is 0. The van der Waals surface area contributed by atoms with Crippen molar-refractivity contribution < 1.29 is 0 Å². The fourth-order valence-electron chi connectivity index (χ4n) is 3.70. The van der Waals surface area contributed by atoms with Gasteiger partial charge in [-0.1, -0.05) is 62.4 Å². The van der Waals surface area contributed by atoms with Crippen LogP contribution >= 0.6 is 0 Å². The summed E-state index contributed by atoms with van der Waals surface area (Å²) in [6.07, 6.45) is 2.30. The Bertz CT molecular complexity index is 596. The van der Waals surface area contributed by atoms with Crippen LogP contribution in [0.1, 0.15) is 36.1 Å². The number of hydrogen-bond donors (Lipinski definition) is 0. The molecule has 1 aliphatic heterocycles. The molecule has 2 aromatic carbocycles. The van der Waals surface area contributed by atoms with Crippen molar-refractivity contribution in [1.29, 1.82) is 0 Å². The van der Waals surface area contributed by atoms with Gasteiger partial charge in [0.25, 0.3) is 0 Å². The summed E-state index contributed by atoms with van der Waals surface area (Å²) in [7, 11) is 0. The van der Waals surface area contributed by atoms with Crippen molar-refractivity contribution in [3.8, 4) is 0 Å². The summed E-state index contributed by atoms with van der Waals surface area (Å²) in [4.78, 5) is 5.14. The highest BCUT2D eigenvalue weighted by Crippen LogP contribution is 2.22. The summed E-state index contributed by atoms with van der Waals surface area (Å²) in [5.41, 5.74) is 6.04. The van der Waals surface area contributed by atoms with E-state index in [1.54, 1.807) is 0 Å². The Morgan fingerprint density at radius 2 is 1.21 bits per heavy atom. The Kier molecular flexibility index (Phi) is 6.06. The molecule has 0 radical (unpaired) electrons. The van der Waals surface area contributed by atoms with Crippen molar-refractivity contribution in [2.75, 3.05) is 26.2 Å². The Morgan fingerprint density at radius 1 is 0.750 bits per heavy atom. The molecule has 0 N–H and O–H groups in total. The Morgan fingerprint density at radius 3 is 1.67 bits per heavy atom. The smallest absolute Gasteiger partial charge is 0.0240 e. The molecule has 3 rings (SSSR count). The third-order valence-corrected chi connectivity index (χ3v) is 5.32. The fraction of sp³-hybridized carbons (Fsp3) is 0.455. The van der Waals surface area contributed by atoms with E-state index in [2.05, 4.69) is 72.2 Å². The zero-order chi connectivity index (χ0) is 16.8.